The molecule has 0 aromatic heterocycles. The van der Waals surface area contributed by atoms with Gasteiger partial charge in [0.2, 0.25) is 0 Å². The standard InChI is InChI=1S/C11H6F17NO3S/c1-3(30)2-29-33(31,32)11(27,28)9(22,23)7(18,19)5(14,15)4(12,13)6(16,17)8(20,21)10(24,25)26/h29-30H,1-2H2. The summed E-state index contributed by atoms with van der Waals surface area (Å²) >= 11 is 0. The van der Waals surface area contributed by atoms with Crippen molar-refractivity contribution in [2.24, 2.45) is 0 Å². The van der Waals surface area contributed by atoms with Crippen LogP contribution in [0.5, 0.6) is 0 Å². The number of rotatable bonds is 10. The predicted molar refractivity (Wildman–Crippen MR) is 69.4 cm³/mol. The van der Waals surface area contributed by atoms with Crippen molar-refractivity contribution in [3.63, 3.8) is 0 Å². The lowest BCUT2D eigenvalue weighted by Gasteiger charge is -2.42. The number of nitrogens with one attached hydrogen (secondary N) is 1. The Labute approximate surface area is 170 Å². The van der Waals surface area contributed by atoms with Crippen LogP contribution in [0.15, 0.2) is 12.3 Å². The molecular weight excluding hydrogens is 549 g/mol. The van der Waals surface area contributed by atoms with Gasteiger partial charge in [-0.3, -0.25) is 0 Å². The molecule has 0 aromatic rings. The van der Waals surface area contributed by atoms with Gasteiger partial charge >= 0.3 is 47.0 Å². The lowest BCUT2D eigenvalue weighted by atomic mass is 9.91. The van der Waals surface area contributed by atoms with Crippen molar-refractivity contribution in [1.29, 1.82) is 0 Å². The quantitative estimate of drug-likeness (QED) is 0.297. The summed E-state index contributed by atoms with van der Waals surface area (Å²) in [6.07, 6.45) is -7.89. The van der Waals surface area contributed by atoms with E-state index in [1.165, 1.54) is 0 Å². The summed E-state index contributed by atoms with van der Waals surface area (Å²) in [5, 5.41) is 0.778. The van der Waals surface area contributed by atoms with Crippen LogP contribution in [0.2, 0.25) is 0 Å². The number of sulfonamides is 1. The van der Waals surface area contributed by atoms with E-state index in [1.807, 2.05) is 0 Å². The maximum absolute atomic E-state index is 13.5. The highest BCUT2D eigenvalue weighted by Crippen LogP contribution is 2.64. The Balaban J connectivity index is 6.86. The molecule has 0 aliphatic rings. The Morgan fingerprint density at radius 3 is 1.15 bits per heavy atom. The van der Waals surface area contributed by atoms with E-state index >= 15 is 0 Å². The van der Waals surface area contributed by atoms with Gasteiger partial charge < -0.3 is 5.11 Å². The van der Waals surface area contributed by atoms with Gasteiger partial charge in [0.1, 0.15) is 0 Å². The highest BCUT2D eigenvalue weighted by molar-refractivity contribution is 7.90. The van der Waals surface area contributed by atoms with Crippen LogP contribution in [0.25, 0.3) is 0 Å². The fourth-order valence-corrected chi connectivity index (χ4v) is 2.59. The second-order valence-corrected chi connectivity index (χ2v) is 7.66. The maximum Gasteiger partial charge on any atom is 0.460 e. The molecule has 33 heavy (non-hydrogen) atoms. The molecule has 0 spiro atoms. The molecule has 22 heteroatoms. The molecule has 0 heterocycles. The molecule has 0 amide bonds. The summed E-state index contributed by atoms with van der Waals surface area (Å²) in [6.45, 7) is 0.461. The van der Waals surface area contributed by atoms with Crippen molar-refractivity contribution in [1.82, 2.24) is 4.72 Å². The van der Waals surface area contributed by atoms with Gasteiger partial charge in [-0.05, 0) is 0 Å². The van der Waals surface area contributed by atoms with Gasteiger partial charge in [-0.1, -0.05) is 6.58 Å². The average Bonchev–Trinajstić information content (AvgIpc) is 2.57. The zero-order chi connectivity index (χ0) is 27.5. The first-order valence-electron chi connectivity index (χ1n) is 6.99. The summed E-state index contributed by atoms with van der Waals surface area (Å²) < 4.78 is 243. The molecule has 0 radical (unpaired) electrons. The zero-order valence-corrected chi connectivity index (χ0v) is 15.3. The van der Waals surface area contributed by atoms with Crippen LogP contribution >= 0.6 is 0 Å². The molecule has 0 bridgehead atoms. The molecule has 198 valence electrons. The average molecular weight is 555 g/mol. The number of halogens is 17. The number of hydrogen-bond acceptors (Lipinski definition) is 3. The van der Waals surface area contributed by atoms with Crippen LogP contribution in [0.1, 0.15) is 0 Å². The van der Waals surface area contributed by atoms with E-state index < -0.39 is 69.3 Å². The molecule has 0 saturated carbocycles. The molecule has 4 nitrogen and oxygen atoms in total. The largest absolute Gasteiger partial charge is 0.512 e. The van der Waals surface area contributed by atoms with Gasteiger partial charge in [0.25, 0.3) is 10.0 Å². The van der Waals surface area contributed by atoms with Crippen molar-refractivity contribution < 1.29 is 88.2 Å². The molecule has 2 N–H and O–H groups in total. The number of hydrogen-bond donors (Lipinski definition) is 2. The Bertz CT molecular complexity index is 860. The third-order valence-electron chi connectivity index (χ3n) is 3.50. The fraction of sp³-hybridized carbons (Fsp3) is 0.818. The second kappa shape index (κ2) is 7.90. The predicted octanol–water partition coefficient (Wildman–Crippen LogP) is 4.94. The molecular formula is C11H6F17NO3S. The van der Waals surface area contributed by atoms with Crippen LogP contribution in [-0.2, 0) is 10.0 Å². The van der Waals surface area contributed by atoms with E-state index in [4.69, 9.17) is 5.11 Å². The van der Waals surface area contributed by atoms with E-state index in [-0.39, 0.29) is 4.72 Å². The second-order valence-electron chi connectivity index (χ2n) is 5.85. The van der Waals surface area contributed by atoms with Gasteiger partial charge in [0, 0.05) is 0 Å². The monoisotopic (exact) mass is 555 g/mol. The van der Waals surface area contributed by atoms with E-state index in [0.29, 0.717) is 0 Å². The van der Waals surface area contributed by atoms with Crippen molar-refractivity contribution in [2.75, 3.05) is 6.54 Å². The molecule has 0 aliphatic heterocycles. The zero-order valence-electron chi connectivity index (χ0n) is 14.5. The number of alkyl halides is 17. The summed E-state index contributed by atoms with van der Waals surface area (Å²) in [6, 6.07) is 0. The minimum absolute atomic E-state index is 0.152. The Morgan fingerprint density at radius 2 is 0.879 bits per heavy atom. The van der Waals surface area contributed by atoms with Gasteiger partial charge in [0.15, 0.2) is 0 Å². The van der Waals surface area contributed by atoms with Crippen LogP contribution in [-0.4, -0.2) is 67.0 Å². The van der Waals surface area contributed by atoms with E-state index in [1.54, 1.807) is 0 Å². The lowest BCUT2D eigenvalue weighted by Crippen LogP contribution is -2.75. The molecule has 0 fully saturated rings. The molecule has 0 saturated heterocycles. The van der Waals surface area contributed by atoms with Gasteiger partial charge in [0.05, 0.1) is 12.3 Å². The SMILES string of the molecule is C=C(O)CNS(=O)(=O)C(F)(F)C(F)(F)C(F)(F)C(F)(F)C(F)(F)C(F)(F)C(F)(F)C(F)(F)F. The van der Waals surface area contributed by atoms with Crippen molar-refractivity contribution >= 4 is 10.0 Å². The number of aliphatic hydroxyl groups is 1. The third-order valence-corrected chi connectivity index (χ3v) is 4.95. The van der Waals surface area contributed by atoms with Gasteiger partial charge in [-0.15, -0.1) is 0 Å². The minimum Gasteiger partial charge on any atom is -0.512 e. The van der Waals surface area contributed by atoms with E-state index in [9.17, 15) is 83.1 Å². The molecule has 0 aromatic carbocycles. The lowest BCUT2D eigenvalue weighted by molar-refractivity contribution is -0.458. The van der Waals surface area contributed by atoms with Crippen molar-refractivity contribution in [3.8, 4) is 0 Å². The summed E-state index contributed by atoms with van der Waals surface area (Å²) in [5.74, 6) is -53.4. The maximum atomic E-state index is 13.5. The molecule has 0 aliphatic carbocycles. The summed E-state index contributed by atoms with van der Waals surface area (Å²) in [5.41, 5.74) is 0. The van der Waals surface area contributed by atoms with Crippen LogP contribution in [0.4, 0.5) is 74.6 Å². The van der Waals surface area contributed by atoms with Crippen LogP contribution in [0.3, 0.4) is 0 Å². The highest BCUT2D eigenvalue weighted by Gasteiger charge is 2.96. The summed E-state index contributed by atoms with van der Waals surface area (Å²) in [4.78, 5) is 0. The van der Waals surface area contributed by atoms with Crippen molar-refractivity contribution in [2.45, 2.75) is 47.0 Å². The first-order chi connectivity index (χ1) is 13.9. The van der Waals surface area contributed by atoms with Gasteiger partial charge in [-0.25, -0.2) is 13.1 Å². The number of aliphatic hydroxyl groups excluding tert-OH is 1. The summed E-state index contributed by atoms with van der Waals surface area (Å²) in [7, 11) is -7.42. The topological polar surface area (TPSA) is 66.4 Å². The molecule has 0 unspecified atom stereocenters. The molecule has 0 rings (SSSR count). The first kappa shape index (κ1) is 31.3. The van der Waals surface area contributed by atoms with Gasteiger partial charge in [-0.2, -0.15) is 74.6 Å². The molecule has 0 atom stereocenters. The Kier molecular flexibility index (Phi) is 7.48. The minimum atomic E-state index is -8.89. The Hall–Kier alpha value is -1.74. The highest BCUT2D eigenvalue weighted by atomic mass is 32.2. The third kappa shape index (κ3) is 4.16. The Morgan fingerprint density at radius 1 is 0.606 bits per heavy atom. The van der Waals surface area contributed by atoms with E-state index in [0.717, 1.165) is 0 Å². The van der Waals surface area contributed by atoms with Crippen molar-refractivity contribution in [3.05, 3.63) is 12.3 Å². The van der Waals surface area contributed by atoms with E-state index in [2.05, 4.69) is 6.58 Å². The normalized spacial score (nSPS) is 16.2. The fourth-order valence-electron chi connectivity index (χ4n) is 1.59. The van der Waals surface area contributed by atoms with Crippen LogP contribution < -0.4 is 4.72 Å². The smallest absolute Gasteiger partial charge is 0.460 e. The van der Waals surface area contributed by atoms with Crippen LogP contribution in [0, 0.1) is 0 Å². The first-order valence-corrected chi connectivity index (χ1v) is 8.47.